The molecule has 0 bridgehead atoms. The van der Waals surface area contributed by atoms with Gasteiger partial charge in [0.15, 0.2) is 5.82 Å². The highest BCUT2D eigenvalue weighted by Crippen LogP contribution is 2.56. The summed E-state index contributed by atoms with van der Waals surface area (Å²) in [5.74, 6) is 1.61. The Morgan fingerprint density at radius 3 is 2.59 bits per heavy atom. The van der Waals surface area contributed by atoms with Crippen LogP contribution in [-0.4, -0.2) is 31.7 Å². The number of hydrogen-bond donors (Lipinski definition) is 1. The van der Waals surface area contributed by atoms with Crippen LogP contribution in [0.2, 0.25) is 5.02 Å². The van der Waals surface area contributed by atoms with E-state index in [1.54, 1.807) is 44.0 Å². The van der Waals surface area contributed by atoms with Gasteiger partial charge in [0, 0.05) is 18.1 Å². The first-order valence-electron chi connectivity index (χ1n) is 12.2. The van der Waals surface area contributed by atoms with E-state index in [1.165, 1.54) is 5.56 Å². The van der Waals surface area contributed by atoms with E-state index in [0.29, 0.717) is 28.8 Å². The smallest absolute Gasteiger partial charge is 0.274 e. The number of nitrogens with zero attached hydrogens (tertiary/aromatic N) is 4. The summed E-state index contributed by atoms with van der Waals surface area (Å²) in [5.41, 5.74) is 4.05. The van der Waals surface area contributed by atoms with Gasteiger partial charge in [0.05, 0.1) is 24.2 Å². The maximum atomic E-state index is 13.6. The highest BCUT2D eigenvalue weighted by atomic mass is 35.5. The maximum absolute atomic E-state index is 13.6. The Labute approximate surface area is 220 Å². The lowest BCUT2D eigenvalue weighted by Gasteiger charge is -2.17. The molecule has 1 N–H and O–H groups in total. The van der Waals surface area contributed by atoms with Gasteiger partial charge in [-0.25, -0.2) is 9.97 Å². The zero-order valence-electron chi connectivity index (χ0n) is 21.5. The first-order valence-corrected chi connectivity index (χ1v) is 12.6. The van der Waals surface area contributed by atoms with Crippen LogP contribution in [0.3, 0.4) is 0 Å². The molecule has 3 heterocycles. The Morgan fingerprint density at radius 1 is 1.08 bits per heavy atom. The average Bonchev–Trinajstić information content (AvgIpc) is 3.68. The fraction of sp³-hybridized carbons (Fsp3) is 0.310. The number of ether oxygens (including phenoxy) is 1. The van der Waals surface area contributed by atoms with E-state index in [0.717, 1.165) is 29.0 Å². The Bertz CT molecular complexity index is 1560. The number of pyridine rings is 2. The van der Waals surface area contributed by atoms with E-state index in [1.807, 2.05) is 44.2 Å². The SMILES string of the molecule is COc1cccc([C@H]2C[C@@H]2c2cc(C)n(-c3cc(-c4ccnc(C(C)(C)O)n4)ncc3C)c(=O)c2Cl)c1. The summed E-state index contributed by atoms with van der Waals surface area (Å²) in [5, 5.41) is 10.6. The van der Waals surface area contributed by atoms with Crippen LogP contribution in [0.4, 0.5) is 0 Å². The quantitative estimate of drug-likeness (QED) is 0.365. The third kappa shape index (κ3) is 4.77. The van der Waals surface area contributed by atoms with Gasteiger partial charge < -0.3 is 9.84 Å². The number of benzene rings is 1. The second-order valence-corrected chi connectivity index (χ2v) is 10.5. The van der Waals surface area contributed by atoms with Gasteiger partial charge in [-0.3, -0.25) is 14.3 Å². The highest BCUT2D eigenvalue weighted by molar-refractivity contribution is 6.31. The molecule has 4 aromatic rings. The first-order chi connectivity index (χ1) is 17.6. The summed E-state index contributed by atoms with van der Waals surface area (Å²) in [4.78, 5) is 26.8. The fourth-order valence-electron chi connectivity index (χ4n) is 4.77. The third-order valence-electron chi connectivity index (χ3n) is 6.85. The monoisotopic (exact) mass is 516 g/mol. The summed E-state index contributed by atoms with van der Waals surface area (Å²) in [6.07, 6.45) is 4.24. The Hall–Kier alpha value is -3.55. The molecule has 1 aliphatic carbocycles. The molecule has 0 radical (unpaired) electrons. The summed E-state index contributed by atoms with van der Waals surface area (Å²) in [6.45, 7) is 7.08. The molecule has 190 valence electrons. The summed E-state index contributed by atoms with van der Waals surface area (Å²) >= 11 is 6.72. The van der Waals surface area contributed by atoms with Crippen molar-refractivity contribution in [2.75, 3.05) is 7.11 Å². The lowest BCUT2D eigenvalue weighted by atomic mass is 10.0. The zero-order chi connectivity index (χ0) is 26.5. The van der Waals surface area contributed by atoms with Gasteiger partial charge in [-0.1, -0.05) is 23.7 Å². The van der Waals surface area contributed by atoms with Gasteiger partial charge in [-0.05, 0) is 93.0 Å². The van der Waals surface area contributed by atoms with Gasteiger partial charge in [-0.2, -0.15) is 0 Å². The van der Waals surface area contributed by atoms with E-state index < -0.39 is 5.60 Å². The highest BCUT2D eigenvalue weighted by Gasteiger charge is 2.41. The molecule has 1 aromatic carbocycles. The molecule has 5 rings (SSSR count). The van der Waals surface area contributed by atoms with E-state index in [-0.39, 0.29) is 16.5 Å². The van der Waals surface area contributed by atoms with Gasteiger partial charge in [0.2, 0.25) is 0 Å². The van der Waals surface area contributed by atoms with Crippen molar-refractivity contribution in [3.05, 3.63) is 98.4 Å². The molecular formula is C29H29ClN4O3. The molecule has 37 heavy (non-hydrogen) atoms. The number of halogens is 1. The zero-order valence-corrected chi connectivity index (χ0v) is 22.2. The normalized spacial score (nSPS) is 17.1. The van der Waals surface area contributed by atoms with Crippen LogP contribution in [0.15, 0.2) is 59.7 Å². The van der Waals surface area contributed by atoms with Crippen molar-refractivity contribution in [2.24, 2.45) is 0 Å². The van der Waals surface area contributed by atoms with Crippen molar-refractivity contribution in [1.29, 1.82) is 0 Å². The summed E-state index contributed by atoms with van der Waals surface area (Å²) < 4.78 is 7.00. The Kier molecular flexibility index (Phi) is 6.38. The van der Waals surface area contributed by atoms with Crippen molar-refractivity contribution < 1.29 is 9.84 Å². The van der Waals surface area contributed by atoms with Crippen molar-refractivity contribution in [1.82, 2.24) is 19.5 Å². The molecule has 7 nitrogen and oxygen atoms in total. The molecule has 3 aromatic heterocycles. The number of methoxy groups -OCH3 is 1. The Morgan fingerprint density at radius 2 is 1.86 bits per heavy atom. The number of aliphatic hydroxyl groups is 1. The minimum Gasteiger partial charge on any atom is -0.497 e. The molecule has 0 saturated heterocycles. The van der Waals surface area contributed by atoms with Crippen LogP contribution in [0, 0.1) is 13.8 Å². The number of aromatic nitrogens is 4. The second-order valence-electron chi connectivity index (χ2n) is 10.1. The molecule has 0 spiro atoms. The standard InChI is InChI=1S/C29H29ClN4O3/c1-16-15-32-24(23-9-10-31-28(33-23)29(3,4)36)14-25(16)34-17(2)11-22(26(30)27(34)35)21-13-20(21)18-7-6-8-19(12-18)37-5/h6-12,14-15,20-21,36H,13H2,1-5H3/t20-,21+/m1/s1. The van der Waals surface area contributed by atoms with Crippen molar-refractivity contribution in [2.45, 2.75) is 51.6 Å². The van der Waals surface area contributed by atoms with Crippen LogP contribution in [0.1, 0.15) is 60.3 Å². The van der Waals surface area contributed by atoms with Crippen molar-refractivity contribution >= 4 is 11.6 Å². The molecule has 0 unspecified atom stereocenters. The summed E-state index contributed by atoms with van der Waals surface area (Å²) in [6, 6.07) is 13.6. The largest absolute Gasteiger partial charge is 0.497 e. The second kappa shape index (κ2) is 9.39. The van der Waals surface area contributed by atoms with Crippen LogP contribution in [-0.2, 0) is 5.60 Å². The molecular weight excluding hydrogens is 488 g/mol. The number of hydrogen-bond acceptors (Lipinski definition) is 6. The molecule has 8 heteroatoms. The van der Waals surface area contributed by atoms with Gasteiger partial charge in [0.25, 0.3) is 5.56 Å². The van der Waals surface area contributed by atoms with Gasteiger partial charge >= 0.3 is 0 Å². The van der Waals surface area contributed by atoms with E-state index in [9.17, 15) is 9.90 Å². The van der Waals surface area contributed by atoms with E-state index in [4.69, 9.17) is 16.3 Å². The molecule has 1 aliphatic rings. The van der Waals surface area contributed by atoms with Crippen LogP contribution < -0.4 is 10.3 Å². The lowest BCUT2D eigenvalue weighted by Crippen LogP contribution is -2.23. The predicted octanol–water partition coefficient (Wildman–Crippen LogP) is 5.47. The topological polar surface area (TPSA) is 90.1 Å². The summed E-state index contributed by atoms with van der Waals surface area (Å²) in [7, 11) is 1.66. The molecule has 1 fully saturated rings. The Balaban J connectivity index is 1.53. The fourth-order valence-corrected chi connectivity index (χ4v) is 5.05. The molecule has 0 aliphatic heterocycles. The van der Waals surface area contributed by atoms with Crippen LogP contribution in [0.5, 0.6) is 5.75 Å². The average molecular weight is 517 g/mol. The number of rotatable bonds is 6. The molecule has 0 amide bonds. The minimum atomic E-state index is -1.19. The third-order valence-corrected chi connectivity index (χ3v) is 7.23. The van der Waals surface area contributed by atoms with Crippen molar-refractivity contribution in [3.8, 4) is 22.8 Å². The van der Waals surface area contributed by atoms with E-state index >= 15 is 0 Å². The first kappa shape index (κ1) is 25.1. The maximum Gasteiger partial charge on any atom is 0.274 e. The van der Waals surface area contributed by atoms with Gasteiger partial charge in [0.1, 0.15) is 16.4 Å². The minimum absolute atomic E-state index is 0.191. The molecule has 2 atom stereocenters. The predicted molar refractivity (Wildman–Crippen MR) is 144 cm³/mol. The van der Waals surface area contributed by atoms with Crippen LogP contribution in [0.25, 0.3) is 17.1 Å². The van der Waals surface area contributed by atoms with Crippen molar-refractivity contribution in [3.63, 3.8) is 0 Å². The van der Waals surface area contributed by atoms with E-state index in [2.05, 4.69) is 21.0 Å². The molecule has 1 saturated carbocycles. The van der Waals surface area contributed by atoms with Crippen LogP contribution >= 0.6 is 11.6 Å². The van der Waals surface area contributed by atoms with Gasteiger partial charge in [-0.15, -0.1) is 0 Å². The lowest BCUT2D eigenvalue weighted by molar-refractivity contribution is 0.0688. The number of aryl methyl sites for hydroxylation is 2.